The van der Waals surface area contributed by atoms with Gasteiger partial charge in [0.15, 0.2) is 6.61 Å². The lowest BCUT2D eigenvalue weighted by atomic mass is 10.1. The lowest BCUT2D eigenvalue weighted by Gasteiger charge is -2.10. The Labute approximate surface area is 136 Å². The molecule has 4 heteroatoms. The van der Waals surface area contributed by atoms with Crippen molar-refractivity contribution in [3.63, 3.8) is 0 Å². The second-order valence-corrected chi connectivity index (χ2v) is 5.09. The van der Waals surface area contributed by atoms with Gasteiger partial charge in [0.05, 0.1) is 0 Å². The van der Waals surface area contributed by atoms with Crippen LogP contribution in [0.4, 0.5) is 0 Å². The molecule has 0 atom stereocenters. The fraction of sp³-hybridized carbons (Fsp3) is 0.158. The zero-order valence-corrected chi connectivity index (χ0v) is 13.3. The van der Waals surface area contributed by atoms with E-state index in [9.17, 15) is 4.79 Å². The molecule has 0 radical (unpaired) electrons. The number of nitrogens with zero attached hydrogens (tertiary/aromatic N) is 1. The SMILES string of the molecule is Cc1cccc(C)c1OCC(=O)NN=C/C=C/c1ccccc1. The van der Waals surface area contributed by atoms with Crippen LogP contribution < -0.4 is 10.2 Å². The van der Waals surface area contributed by atoms with Gasteiger partial charge in [0, 0.05) is 6.21 Å². The summed E-state index contributed by atoms with van der Waals surface area (Å²) in [6, 6.07) is 15.7. The van der Waals surface area contributed by atoms with Gasteiger partial charge in [-0.15, -0.1) is 0 Å². The largest absolute Gasteiger partial charge is 0.483 e. The zero-order chi connectivity index (χ0) is 16.5. The van der Waals surface area contributed by atoms with E-state index in [4.69, 9.17) is 4.74 Å². The summed E-state index contributed by atoms with van der Waals surface area (Å²) < 4.78 is 5.55. The Morgan fingerprint density at radius 1 is 1.09 bits per heavy atom. The number of carbonyl (C=O) groups is 1. The number of hydrogen-bond acceptors (Lipinski definition) is 3. The molecular formula is C19H20N2O2. The average Bonchev–Trinajstić information content (AvgIpc) is 2.55. The Balaban J connectivity index is 1.77. The number of amides is 1. The third-order valence-corrected chi connectivity index (χ3v) is 3.19. The first-order chi connectivity index (χ1) is 11.2. The van der Waals surface area contributed by atoms with Crippen molar-refractivity contribution in [1.82, 2.24) is 5.43 Å². The van der Waals surface area contributed by atoms with Gasteiger partial charge in [-0.2, -0.15) is 5.10 Å². The maximum absolute atomic E-state index is 11.7. The molecule has 0 heterocycles. The van der Waals surface area contributed by atoms with Gasteiger partial charge in [-0.3, -0.25) is 4.79 Å². The zero-order valence-electron chi connectivity index (χ0n) is 13.3. The maximum atomic E-state index is 11.7. The molecule has 1 amide bonds. The normalized spacial score (nSPS) is 11.0. The van der Waals surface area contributed by atoms with Gasteiger partial charge in [-0.25, -0.2) is 5.43 Å². The maximum Gasteiger partial charge on any atom is 0.277 e. The highest BCUT2D eigenvalue weighted by Gasteiger charge is 2.06. The first-order valence-corrected chi connectivity index (χ1v) is 7.39. The third-order valence-electron chi connectivity index (χ3n) is 3.19. The predicted molar refractivity (Wildman–Crippen MR) is 93.5 cm³/mol. The number of rotatable bonds is 6. The highest BCUT2D eigenvalue weighted by atomic mass is 16.5. The van der Waals surface area contributed by atoms with Gasteiger partial charge in [0.2, 0.25) is 0 Å². The molecule has 0 unspecified atom stereocenters. The first-order valence-electron chi connectivity index (χ1n) is 7.39. The minimum Gasteiger partial charge on any atom is -0.483 e. The van der Waals surface area contributed by atoms with Gasteiger partial charge in [0.1, 0.15) is 5.75 Å². The average molecular weight is 308 g/mol. The Bertz CT molecular complexity index is 686. The van der Waals surface area contributed by atoms with Crippen molar-refractivity contribution < 1.29 is 9.53 Å². The summed E-state index contributed by atoms with van der Waals surface area (Å²) in [5.74, 6) is 0.451. The molecule has 2 rings (SSSR count). The summed E-state index contributed by atoms with van der Waals surface area (Å²) >= 11 is 0. The van der Waals surface area contributed by atoms with Crippen LogP contribution in [0.1, 0.15) is 16.7 Å². The van der Waals surface area contributed by atoms with Crippen LogP contribution in [0, 0.1) is 13.8 Å². The standard InChI is InChI=1S/C19H20N2O2/c1-15-8-6-9-16(2)19(15)23-14-18(22)21-20-13-7-12-17-10-4-3-5-11-17/h3-13H,14H2,1-2H3,(H,21,22)/b12-7+,20-13?. The van der Waals surface area contributed by atoms with Gasteiger partial charge in [-0.05, 0) is 36.6 Å². The number of ether oxygens (including phenoxy) is 1. The Morgan fingerprint density at radius 3 is 2.48 bits per heavy atom. The van der Waals surface area contributed by atoms with Crippen molar-refractivity contribution in [2.45, 2.75) is 13.8 Å². The van der Waals surface area contributed by atoms with E-state index in [1.54, 1.807) is 6.08 Å². The van der Waals surface area contributed by atoms with Gasteiger partial charge < -0.3 is 4.74 Å². The van der Waals surface area contributed by atoms with Crippen molar-refractivity contribution in [2.75, 3.05) is 6.61 Å². The lowest BCUT2D eigenvalue weighted by molar-refractivity contribution is -0.123. The molecule has 0 aromatic heterocycles. The molecule has 0 aliphatic heterocycles. The Hall–Kier alpha value is -2.88. The third kappa shape index (κ3) is 5.43. The van der Waals surface area contributed by atoms with E-state index in [1.165, 1.54) is 6.21 Å². The van der Waals surface area contributed by atoms with Gasteiger partial charge in [0.25, 0.3) is 5.91 Å². The fourth-order valence-corrected chi connectivity index (χ4v) is 2.07. The van der Waals surface area contributed by atoms with Crippen LogP contribution >= 0.6 is 0 Å². The molecule has 0 spiro atoms. The van der Waals surface area contributed by atoms with E-state index >= 15 is 0 Å². The molecule has 0 saturated carbocycles. The molecule has 0 bridgehead atoms. The summed E-state index contributed by atoms with van der Waals surface area (Å²) in [6.07, 6.45) is 5.20. The minimum absolute atomic E-state index is 0.0641. The van der Waals surface area contributed by atoms with Crippen LogP contribution in [-0.2, 0) is 4.79 Å². The lowest BCUT2D eigenvalue weighted by Crippen LogP contribution is -2.24. The summed E-state index contributed by atoms with van der Waals surface area (Å²) in [7, 11) is 0. The first kappa shape index (κ1) is 16.5. The molecule has 4 nitrogen and oxygen atoms in total. The molecular weight excluding hydrogens is 288 g/mol. The van der Waals surface area contributed by atoms with Gasteiger partial charge >= 0.3 is 0 Å². The highest BCUT2D eigenvalue weighted by molar-refractivity contribution is 5.82. The Morgan fingerprint density at radius 2 is 1.78 bits per heavy atom. The van der Waals surface area contributed by atoms with E-state index in [0.29, 0.717) is 0 Å². The molecule has 0 aliphatic rings. The number of hydrogen-bond donors (Lipinski definition) is 1. The van der Waals surface area contributed by atoms with Crippen LogP contribution in [0.3, 0.4) is 0 Å². The second kappa shape index (κ2) is 8.54. The number of aryl methyl sites for hydroxylation is 2. The fourth-order valence-electron chi connectivity index (χ4n) is 2.07. The Kier molecular flexibility index (Phi) is 6.12. The molecule has 2 aromatic carbocycles. The molecule has 1 N–H and O–H groups in total. The smallest absolute Gasteiger partial charge is 0.277 e. The summed E-state index contributed by atoms with van der Waals surface area (Å²) in [6.45, 7) is 3.84. The van der Waals surface area contributed by atoms with Crippen molar-refractivity contribution >= 4 is 18.2 Å². The minimum atomic E-state index is -0.294. The molecule has 23 heavy (non-hydrogen) atoms. The van der Waals surface area contributed by atoms with E-state index in [1.807, 2.05) is 68.5 Å². The van der Waals surface area contributed by atoms with Crippen molar-refractivity contribution in [3.05, 3.63) is 71.3 Å². The van der Waals surface area contributed by atoms with Gasteiger partial charge in [-0.1, -0.05) is 54.6 Å². The number of nitrogens with one attached hydrogen (secondary N) is 1. The summed E-state index contributed by atoms with van der Waals surface area (Å²) in [5.41, 5.74) is 5.52. The molecule has 0 saturated heterocycles. The number of para-hydroxylation sites is 1. The van der Waals surface area contributed by atoms with Crippen LogP contribution in [0.5, 0.6) is 5.75 Å². The molecule has 118 valence electrons. The van der Waals surface area contributed by atoms with Crippen LogP contribution in [-0.4, -0.2) is 18.7 Å². The number of benzene rings is 2. The van der Waals surface area contributed by atoms with E-state index in [2.05, 4.69) is 10.5 Å². The number of carbonyl (C=O) groups excluding carboxylic acids is 1. The molecule has 2 aromatic rings. The number of hydrazone groups is 1. The van der Waals surface area contributed by atoms with E-state index in [-0.39, 0.29) is 12.5 Å². The highest BCUT2D eigenvalue weighted by Crippen LogP contribution is 2.21. The second-order valence-electron chi connectivity index (χ2n) is 5.09. The van der Waals surface area contributed by atoms with Crippen molar-refractivity contribution in [3.8, 4) is 5.75 Å². The van der Waals surface area contributed by atoms with Crippen LogP contribution in [0.25, 0.3) is 6.08 Å². The van der Waals surface area contributed by atoms with Crippen LogP contribution in [0.15, 0.2) is 59.7 Å². The van der Waals surface area contributed by atoms with E-state index in [0.717, 1.165) is 22.4 Å². The monoisotopic (exact) mass is 308 g/mol. The van der Waals surface area contributed by atoms with Crippen molar-refractivity contribution in [1.29, 1.82) is 0 Å². The molecule has 0 aliphatic carbocycles. The summed E-state index contributed by atoms with van der Waals surface area (Å²) in [5, 5.41) is 3.85. The molecule has 0 fully saturated rings. The predicted octanol–water partition coefficient (Wildman–Crippen LogP) is 3.50. The van der Waals surface area contributed by atoms with Crippen molar-refractivity contribution in [2.24, 2.45) is 5.10 Å². The quantitative estimate of drug-likeness (QED) is 0.656. The number of allylic oxidation sites excluding steroid dienone is 1. The summed E-state index contributed by atoms with van der Waals surface area (Å²) in [4.78, 5) is 11.7. The van der Waals surface area contributed by atoms with E-state index < -0.39 is 0 Å². The van der Waals surface area contributed by atoms with Crippen LogP contribution in [0.2, 0.25) is 0 Å². The topological polar surface area (TPSA) is 50.7 Å².